The molecule has 2 heterocycles. The molecule has 1 aromatic heterocycles. The molecular formula is C15H18N4O2. The average Bonchev–Trinajstić information content (AvgIpc) is 2.53. The molecule has 0 spiro atoms. The summed E-state index contributed by atoms with van der Waals surface area (Å²) in [7, 11) is 3.89. The van der Waals surface area contributed by atoms with Gasteiger partial charge in [0.25, 0.3) is 0 Å². The average molecular weight is 286 g/mol. The Balaban J connectivity index is 1.60. The van der Waals surface area contributed by atoms with Crippen LogP contribution in [0.3, 0.4) is 0 Å². The number of nitrogens with zero attached hydrogens (tertiary/aromatic N) is 3. The zero-order valence-electron chi connectivity index (χ0n) is 12.1. The number of para-hydroxylation sites is 2. The third kappa shape index (κ3) is 3.16. The van der Waals surface area contributed by atoms with E-state index in [4.69, 9.17) is 9.47 Å². The summed E-state index contributed by atoms with van der Waals surface area (Å²) in [5, 5.41) is 3.19. The number of hydrogen-bond donors (Lipinski definition) is 1. The molecule has 1 atom stereocenters. The van der Waals surface area contributed by atoms with E-state index >= 15 is 0 Å². The van der Waals surface area contributed by atoms with Gasteiger partial charge in [-0.2, -0.15) is 4.98 Å². The minimum absolute atomic E-state index is 0.0634. The topological polar surface area (TPSA) is 59.5 Å². The van der Waals surface area contributed by atoms with E-state index in [9.17, 15) is 0 Å². The molecule has 1 aromatic carbocycles. The number of fused-ring (bicyclic) bond motifs is 1. The van der Waals surface area contributed by atoms with Crippen molar-refractivity contribution in [1.82, 2.24) is 9.97 Å². The maximum absolute atomic E-state index is 5.88. The van der Waals surface area contributed by atoms with Crippen LogP contribution < -0.4 is 19.7 Å². The number of nitrogens with one attached hydrogen (secondary N) is 1. The van der Waals surface area contributed by atoms with E-state index in [2.05, 4.69) is 15.3 Å². The van der Waals surface area contributed by atoms with Gasteiger partial charge in [-0.1, -0.05) is 12.1 Å². The van der Waals surface area contributed by atoms with Gasteiger partial charge in [0.1, 0.15) is 18.5 Å². The molecule has 6 heteroatoms. The highest BCUT2D eigenvalue weighted by Gasteiger charge is 2.20. The van der Waals surface area contributed by atoms with Crippen molar-refractivity contribution >= 4 is 11.8 Å². The van der Waals surface area contributed by atoms with Crippen LogP contribution in [-0.4, -0.2) is 43.3 Å². The van der Waals surface area contributed by atoms with Crippen molar-refractivity contribution in [2.75, 3.05) is 37.5 Å². The van der Waals surface area contributed by atoms with Gasteiger partial charge in [-0.15, -0.1) is 0 Å². The molecule has 1 aliphatic heterocycles. The van der Waals surface area contributed by atoms with Crippen molar-refractivity contribution in [3.05, 3.63) is 36.5 Å². The molecule has 0 fully saturated rings. The van der Waals surface area contributed by atoms with E-state index < -0.39 is 0 Å². The summed E-state index contributed by atoms with van der Waals surface area (Å²) < 4.78 is 11.6. The van der Waals surface area contributed by atoms with Gasteiger partial charge in [-0.05, 0) is 18.2 Å². The normalized spacial score (nSPS) is 16.4. The van der Waals surface area contributed by atoms with Crippen molar-refractivity contribution in [1.29, 1.82) is 0 Å². The van der Waals surface area contributed by atoms with Crippen LogP contribution in [0.4, 0.5) is 11.8 Å². The highest BCUT2D eigenvalue weighted by Crippen LogP contribution is 2.30. The number of ether oxygens (including phenoxy) is 2. The Morgan fingerprint density at radius 1 is 1.24 bits per heavy atom. The molecule has 0 amide bonds. The van der Waals surface area contributed by atoms with Crippen LogP contribution in [0.2, 0.25) is 0 Å². The first-order chi connectivity index (χ1) is 10.2. The lowest BCUT2D eigenvalue weighted by Gasteiger charge is -2.26. The van der Waals surface area contributed by atoms with Crippen molar-refractivity contribution in [3.8, 4) is 11.5 Å². The first-order valence-corrected chi connectivity index (χ1v) is 6.85. The molecule has 1 unspecified atom stereocenters. The van der Waals surface area contributed by atoms with Crippen LogP contribution in [0.25, 0.3) is 0 Å². The zero-order valence-corrected chi connectivity index (χ0v) is 12.1. The van der Waals surface area contributed by atoms with Crippen LogP contribution in [0, 0.1) is 0 Å². The number of aromatic nitrogens is 2. The van der Waals surface area contributed by atoms with E-state index in [-0.39, 0.29) is 6.10 Å². The van der Waals surface area contributed by atoms with Gasteiger partial charge in [0.05, 0.1) is 6.54 Å². The molecule has 0 aliphatic carbocycles. The molecule has 6 nitrogen and oxygen atoms in total. The maximum Gasteiger partial charge on any atom is 0.224 e. The summed E-state index contributed by atoms with van der Waals surface area (Å²) in [6.07, 6.45) is 1.67. The minimum Gasteiger partial charge on any atom is -0.486 e. The monoisotopic (exact) mass is 286 g/mol. The number of hydrogen-bond acceptors (Lipinski definition) is 6. The van der Waals surface area contributed by atoms with Gasteiger partial charge in [-0.3, -0.25) is 0 Å². The summed E-state index contributed by atoms with van der Waals surface area (Å²) in [6.45, 7) is 1.10. The smallest absolute Gasteiger partial charge is 0.224 e. The predicted molar refractivity (Wildman–Crippen MR) is 81.2 cm³/mol. The second kappa shape index (κ2) is 5.87. The Bertz CT molecular complexity index is 618. The molecule has 1 aliphatic rings. The lowest BCUT2D eigenvalue weighted by Crippen LogP contribution is -2.35. The van der Waals surface area contributed by atoms with Gasteiger partial charge in [0, 0.05) is 20.3 Å². The number of rotatable bonds is 4. The van der Waals surface area contributed by atoms with E-state index in [1.165, 1.54) is 0 Å². The van der Waals surface area contributed by atoms with Crippen LogP contribution >= 0.6 is 0 Å². The predicted octanol–water partition coefficient (Wildman–Crippen LogP) is 1.79. The Morgan fingerprint density at radius 3 is 2.86 bits per heavy atom. The molecule has 110 valence electrons. The quantitative estimate of drug-likeness (QED) is 0.925. The van der Waals surface area contributed by atoms with Crippen LogP contribution in [0.1, 0.15) is 0 Å². The summed E-state index contributed by atoms with van der Waals surface area (Å²) in [5.74, 6) is 3.01. The Kier molecular flexibility index (Phi) is 3.77. The van der Waals surface area contributed by atoms with Crippen molar-refractivity contribution in [3.63, 3.8) is 0 Å². The molecule has 0 saturated heterocycles. The van der Waals surface area contributed by atoms with E-state index in [1.54, 1.807) is 6.20 Å². The zero-order chi connectivity index (χ0) is 14.7. The standard InChI is InChI=1S/C15H18N4O2/c1-19(2)14-7-8-16-15(18-14)17-9-11-10-20-12-5-3-4-6-13(12)21-11/h3-8,11H,9-10H2,1-2H3,(H,16,17,18). The summed E-state index contributed by atoms with van der Waals surface area (Å²) >= 11 is 0. The lowest BCUT2D eigenvalue weighted by molar-refractivity contribution is 0.0996. The fraction of sp³-hybridized carbons (Fsp3) is 0.333. The molecule has 0 saturated carbocycles. The fourth-order valence-corrected chi connectivity index (χ4v) is 2.05. The third-order valence-electron chi connectivity index (χ3n) is 3.15. The molecule has 2 aromatic rings. The molecular weight excluding hydrogens is 268 g/mol. The third-order valence-corrected chi connectivity index (χ3v) is 3.15. The number of anilines is 2. The molecule has 3 rings (SSSR count). The first kappa shape index (κ1) is 13.5. The van der Waals surface area contributed by atoms with E-state index in [1.807, 2.05) is 49.3 Å². The maximum atomic E-state index is 5.88. The second-order valence-electron chi connectivity index (χ2n) is 5.01. The van der Waals surface area contributed by atoms with Gasteiger partial charge >= 0.3 is 0 Å². The summed E-state index contributed by atoms with van der Waals surface area (Å²) in [4.78, 5) is 10.5. The Hall–Kier alpha value is -2.50. The SMILES string of the molecule is CN(C)c1ccnc(NCC2COc3ccccc3O2)n1. The first-order valence-electron chi connectivity index (χ1n) is 6.85. The van der Waals surface area contributed by atoms with Crippen molar-refractivity contribution in [2.45, 2.75) is 6.10 Å². The molecule has 1 N–H and O–H groups in total. The highest BCUT2D eigenvalue weighted by molar-refractivity contribution is 5.42. The van der Waals surface area contributed by atoms with Gasteiger partial charge < -0.3 is 19.7 Å². The summed E-state index contributed by atoms with van der Waals surface area (Å²) in [6, 6.07) is 9.54. The van der Waals surface area contributed by atoms with Crippen LogP contribution in [0.15, 0.2) is 36.5 Å². The van der Waals surface area contributed by atoms with E-state index in [0.29, 0.717) is 19.1 Å². The molecule has 0 bridgehead atoms. The Morgan fingerprint density at radius 2 is 2.05 bits per heavy atom. The molecule has 0 radical (unpaired) electrons. The van der Waals surface area contributed by atoms with Gasteiger partial charge in [0.15, 0.2) is 11.5 Å². The van der Waals surface area contributed by atoms with Crippen LogP contribution in [-0.2, 0) is 0 Å². The molecule has 21 heavy (non-hydrogen) atoms. The fourth-order valence-electron chi connectivity index (χ4n) is 2.05. The second-order valence-corrected chi connectivity index (χ2v) is 5.01. The number of benzene rings is 1. The van der Waals surface area contributed by atoms with Crippen LogP contribution in [0.5, 0.6) is 11.5 Å². The Labute approximate surface area is 123 Å². The largest absolute Gasteiger partial charge is 0.486 e. The van der Waals surface area contributed by atoms with Gasteiger partial charge in [-0.25, -0.2) is 4.98 Å². The lowest BCUT2D eigenvalue weighted by atomic mass is 10.2. The highest BCUT2D eigenvalue weighted by atomic mass is 16.6. The van der Waals surface area contributed by atoms with Gasteiger partial charge in [0.2, 0.25) is 5.95 Å². The van der Waals surface area contributed by atoms with E-state index in [0.717, 1.165) is 17.3 Å². The van der Waals surface area contributed by atoms with Crippen molar-refractivity contribution < 1.29 is 9.47 Å². The van der Waals surface area contributed by atoms with Crippen molar-refractivity contribution in [2.24, 2.45) is 0 Å². The minimum atomic E-state index is -0.0634. The summed E-state index contributed by atoms with van der Waals surface area (Å²) in [5.41, 5.74) is 0.